The minimum Gasteiger partial charge on any atom is -0.371 e. The molecular weight excluding hydrogens is 280 g/mol. The zero-order valence-electron chi connectivity index (χ0n) is 9.25. The number of rotatable bonds is 3. The second kappa shape index (κ2) is 5.49. The predicted octanol–water partition coefficient (Wildman–Crippen LogP) is 3.60. The molecule has 94 valence electrons. The van der Waals surface area contributed by atoms with Crippen molar-refractivity contribution < 1.29 is 8.78 Å². The molecule has 1 N–H and O–H groups in total. The van der Waals surface area contributed by atoms with E-state index in [4.69, 9.17) is 11.6 Å². The smallest absolute Gasteiger partial charge is 0.168 e. The average molecular weight is 288 g/mol. The molecule has 0 aromatic carbocycles. The van der Waals surface area contributed by atoms with Crippen LogP contribution < -0.4 is 5.32 Å². The summed E-state index contributed by atoms with van der Waals surface area (Å²) in [6.45, 7) is 0. The Bertz CT molecular complexity index is 580. The third kappa shape index (κ3) is 2.70. The van der Waals surface area contributed by atoms with Crippen LogP contribution in [0.1, 0.15) is 0 Å². The van der Waals surface area contributed by atoms with Crippen molar-refractivity contribution >= 4 is 29.2 Å². The molecule has 18 heavy (non-hydrogen) atoms. The molecule has 0 aliphatic carbocycles. The topological polar surface area (TPSA) is 37.8 Å². The third-order valence-corrected chi connectivity index (χ3v) is 3.47. The molecule has 0 atom stereocenters. The Morgan fingerprint density at radius 1 is 1.28 bits per heavy atom. The van der Waals surface area contributed by atoms with Gasteiger partial charge >= 0.3 is 0 Å². The van der Waals surface area contributed by atoms with Crippen LogP contribution in [0, 0.1) is 11.6 Å². The molecule has 0 amide bonds. The first-order valence-electron chi connectivity index (χ1n) is 4.94. The second-order valence-electron chi connectivity index (χ2n) is 3.25. The van der Waals surface area contributed by atoms with Crippen molar-refractivity contribution in [3.8, 4) is 0 Å². The minimum absolute atomic E-state index is 0.0151. The molecule has 0 fully saturated rings. The van der Waals surface area contributed by atoms with Crippen molar-refractivity contribution in [3.05, 3.63) is 41.1 Å². The zero-order chi connectivity index (χ0) is 13.1. The Kier molecular flexibility index (Phi) is 3.98. The Labute approximate surface area is 112 Å². The van der Waals surface area contributed by atoms with Crippen LogP contribution in [0.4, 0.5) is 14.6 Å². The highest BCUT2D eigenvalue weighted by atomic mass is 35.5. The van der Waals surface area contributed by atoms with Gasteiger partial charge in [0, 0.05) is 19.3 Å². The highest BCUT2D eigenvalue weighted by molar-refractivity contribution is 7.99. The van der Waals surface area contributed by atoms with Gasteiger partial charge in [-0.1, -0.05) is 11.6 Å². The van der Waals surface area contributed by atoms with Crippen LogP contribution in [0.15, 0.2) is 34.4 Å². The van der Waals surface area contributed by atoms with Gasteiger partial charge in [0.15, 0.2) is 17.5 Å². The molecular formula is C11H8ClF2N3S. The molecule has 0 radical (unpaired) electrons. The number of nitrogens with one attached hydrogen (secondary N) is 1. The fourth-order valence-electron chi connectivity index (χ4n) is 1.23. The van der Waals surface area contributed by atoms with Crippen molar-refractivity contribution in [1.82, 2.24) is 9.97 Å². The number of nitrogens with zero attached hydrogens (tertiary/aromatic N) is 2. The Morgan fingerprint density at radius 3 is 2.72 bits per heavy atom. The summed E-state index contributed by atoms with van der Waals surface area (Å²) in [6, 6.07) is 4.08. The maximum absolute atomic E-state index is 13.6. The average Bonchev–Trinajstić information content (AvgIpc) is 2.35. The molecule has 2 aromatic heterocycles. The monoisotopic (exact) mass is 287 g/mol. The van der Waals surface area contributed by atoms with Crippen LogP contribution in [-0.2, 0) is 0 Å². The van der Waals surface area contributed by atoms with E-state index in [2.05, 4.69) is 15.3 Å². The molecule has 0 bridgehead atoms. The van der Waals surface area contributed by atoms with Crippen molar-refractivity contribution in [1.29, 1.82) is 0 Å². The van der Waals surface area contributed by atoms with E-state index in [0.29, 0.717) is 10.0 Å². The Hall–Kier alpha value is -1.40. The standard InChI is InChI=1S/C11H8ClF2N3S/c1-15-9-7(13)5-8(14)11(17-9)18-10-6(12)3-2-4-16-10/h2-5H,1H3,(H,15,17). The Morgan fingerprint density at radius 2 is 2.06 bits per heavy atom. The highest BCUT2D eigenvalue weighted by Crippen LogP contribution is 2.32. The van der Waals surface area contributed by atoms with Gasteiger partial charge in [0.05, 0.1) is 5.02 Å². The van der Waals surface area contributed by atoms with Crippen LogP contribution in [0.2, 0.25) is 5.02 Å². The predicted molar refractivity (Wildman–Crippen MR) is 67.1 cm³/mol. The fraction of sp³-hybridized carbons (Fsp3) is 0.0909. The Balaban J connectivity index is 2.38. The summed E-state index contributed by atoms with van der Waals surface area (Å²) in [5, 5.41) is 3.36. The molecule has 0 aliphatic heterocycles. The highest BCUT2D eigenvalue weighted by Gasteiger charge is 2.14. The van der Waals surface area contributed by atoms with Gasteiger partial charge in [0.2, 0.25) is 0 Å². The van der Waals surface area contributed by atoms with Gasteiger partial charge in [-0.05, 0) is 23.9 Å². The maximum atomic E-state index is 13.6. The molecule has 0 saturated carbocycles. The van der Waals surface area contributed by atoms with Crippen molar-refractivity contribution in [3.63, 3.8) is 0 Å². The molecule has 2 heterocycles. The summed E-state index contributed by atoms with van der Waals surface area (Å²) >= 11 is 6.85. The second-order valence-corrected chi connectivity index (χ2v) is 4.63. The minimum atomic E-state index is -0.752. The molecule has 3 nitrogen and oxygen atoms in total. The van der Waals surface area contributed by atoms with E-state index in [9.17, 15) is 8.78 Å². The normalized spacial score (nSPS) is 10.4. The number of hydrogen-bond acceptors (Lipinski definition) is 4. The first-order valence-corrected chi connectivity index (χ1v) is 6.13. The van der Waals surface area contributed by atoms with Gasteiger partial charge < -0.3 is 5.32 Å². The van der Waals surface area contributed by atoms with E-state index in [1.807, 2.05) is 0 Å². The molecule has 0 unspecified atom stereocenters. The number of halogens is 3. The van der Waals surface area contributed by atoms with Gasteiger partial charge in [-0.15, -0.1) is 0 Å². The number of hydrogen-bond donors (Lipinski definition) is 1. The molecule has 0 aliphatic rings. The van der Waals surface area contributed by atoms with Crippen molar-refractivity contribution in [2.75, 3.05) is 12.4 Å². The summed E-state index contributed by atoms with van der Waals surface area (Å²) in [6.07, 6.45) is 1.54. The van der Waals surface area contributed by atoms with Crippen LogP contribution in [0.25, 0.3) is 0 Å². The zero-order valence-corrected chi connectivity index (χ0v) is 10.8. The van der Waals surface area contributed by atoms with Crippen LogP contribution >= 0.6 is 23.4 Å². The van der Waals surface area contributed by atoms with Crippen molar-refractivity contribution in [2.45, 2.75) is 10.1 Å². The van der Waals surface area contributed by atoms with Crippen molar-refractivity contribution in [2.24, 2.45) is 0 Å². The summed E-state index contributed by atoms with van der Waals surface area (Å²) < 4.78 is 26.8. The van der Waals surface area contributed by atoms with E-state index in [0.717, 1.165) is 17.8 Å². The third-order valence-electron chi connectivity index (χ3n) is 2.05. The van der Waals surface area contributed by atoms with E-state index in [1.165, 1.54) is 13.2 Å². The lowest BCUT2D eigenvalue weighted by molar-refractivity contribution is 0.551. The SMILES string of the molecule is CNc1nc(Sc2ncccc2Cl)c(F)cc1F. The van der Waals surface area contributed by atoms with Gasteiger partial charge in [-0.3, -0.25) is 0 Å². The number of aromatic nitrogens is 2. The lowest BCUT2D eigenvalue weighted by atomic mass is 10.4. The first kappa shape index (κ1) is 13.0. The van der Waals surface area contributed by atoms with Gasteiger partial charge in [0.25, 0.3) is 0 Å². The van der Waals surface area contributed by atoms with Crippen LogP contribution in [0.3, 0.4) is 0 Å². The summed E-state index contributed by atoms with van der Waals surface area (Å²) in [5.74, 6) is -1.52. The molecule has 0 spiro atoms. The number of anilines is 1. The first-order chi connectivity index (χ1) is 8.61. The fourth-order valence-corrected chi connectivity index (χ4v) is 2.23. The summed E-state index contributed by atoms with van der Waals surface area (Å²) in [5.41, 5.74) is 0. The largest absolute Gasteiger partial charge is 0.371 e. The number of pyridine rings is 2. The summed E-state index contributed by atoms with van der Waals surface area (Å²) in [4.78, 5) is 7.83. The maximum Gasteiger partial charge on any atom is 0.168 e. The van der Waals surface area contributed by atoms with E-state index >= 15 is 0 Å². The lowest BCUT2D eigenvalue weighted by Gasteiger charge is -2.06. The molecule has 2 aromatic rings. The van der Waals surface area contributed by atoms with Crippen LogP contribution in [0.5, 0.6) is 0 Å². The van der Waals surface area contributed by atoms with E-state index < -0.39 is 11.6 Å². The molecule has 0 saturated heterocycles. The van der Waals surface area contributed by atoms with Gasteiger partial charge in [0.1, 0.15) is 10.1 Å². The molecule has 2 rings (SSSR count). The molecule has 7 heteroatoms. The van der Waals surface area contributed by atoms with E-state index in [1.54, 1.807) is 12.1 Å². The van der Waals surface area contributed by atoms with Gasteiger partial charge in [-0.25, -0.2) is 18.7 Å². The quantitative estimate of drug-likeness (QED) is 0.936. The summed E-state index contributed by atoms with van der Waals surface area (Å²) in [7, 11) is 1.51. The van der Waals surface area contributed by atoms with E-state index in [-0.39, 0.29) is 10.8 Å². The van der Waals surface area contributed by atoms with Gasteiger partial charge in [-0.2, -0.15) is 0 Å². The lowest BCUT2D eigenvalue weighted by Crippen LogP contribution is -2.00. The van der Waals surface area contributed by atoms with Crippen LogP contribution in [-0.4, -0.2) is 17.0 Å².